The molecule has 0 aliphatic heterocycles. The molecule has 0 bridgehead atoms. The van der Waals surface area contributed by atoms with Gasteiger partial charge in [0, 0.05) is 18.2 Å². The molecule has 1 aromatic rings. The molecule has 0 heterocycles. The summed E-state index contributed by atoms with van der Waals surface area (Å²) in [5, 5.41) is 3.19. The van der Waals surface area contributed by atoms with E-state index in [2.05, 4.69) is 11.4 Å². The summed E-state index contributed by atoms with van der Waals surface area (Å²) < 4.78 is 34.6. The van der Waals surface area contributed by atoms with Crippen LogP contribution in [-0.2, 0) is 4.74 Å². The highest BCUT2D eigenvalue weighted by Crippen LogP contribution is 2.28. The fraction of sp³-hybridized carbons (Fsp3) is 0.600. The summed E-state index contributed by atoms with van der Waals surface area (Å²) in [7, 11) is 1.84. The van der Waals surface area contributed by atoms with E-state index in [9.17, 15) is 8.78 Å². The van der Waals surface area contributed by atoms with Crippen LogP contribution in [0.15, 0.2) is 18.2 Å². The zero-order chi connectivity index (χ0) is 15.0. The van der Waals surface area contributed by atoms with E-state index in [-0.39, 0.29) is 12.6 Å². The summed E-state index contributed by atoms with van der Waals surface area (Å²) in [5.41, 5.74) is 2.17. The van der Waals surface area contributed by atoms with Gasteiger partial charge in [0.15, 0.2) is 0 Å². The van der Waals surface area contributed by atoms with Crippen LogP contribution < -0.4 is 10.1 Å². The van der Waals surface area contributed by atoms with Crippen molar-refractivity contribution in [2.45, 2.75) is 32.7 Å². The van der Waals surface area contributed by atoms with Crippen molar-refractivity contribution >= 4 is 0 Å². The van der Waals surface area contributed by atoms with Gasteiger partial charge in [0.2, 0.25) is 0 Å². The molecule has 114 valence electrons. The topological polar surface area (TPSA) is 30.5 Å². The number of ether oxygens (including phenoxy) is 2. The Balaban J connectivity index is 2.70. The minimum absolute atomic E-state index is 0.0223. The average molecular weight is 287 g/mol. The summed E-state index contributed by atoms with van der Waals surface area (Å²) in [6.07, 6.45) is -1.80. The molecule has 0 saturated carbocycles. The van der Waals surface area contributed by atoms with Crippen LogP contribution in [0.25, 0.3) is 0 Å². The highest BCUT2D eigenvalue weighted by Gasteiger charge is 2.15. The van der Waals surface area contributed by atoms with Crippen LogP contribution >= 0.6 is 0 Å². The monoisotopic (exact) mass is 287 g/mol. The SMILES string of the molecule is CCOc1ccc(C)cc1C(CCOCC(F)F)NC. The number of halogens is 2. The molecular formula is C15H23F2NO2. The lowest BCUT2D eigenvalue weighted by atomic mass is 10.0. The summed E-state index contributed by atoms with van der Waals surface area (Å²) in [4.78, 5) is 0. The fourth-order valence-corrected chi connectivity index (χ4v) is 2.06. The lowest BCUT2D eigenvalue weighted by Crippen LogP contribution is -2.20. The Morgan fingerprint density at radius 1 is 1.30 bits per heavy atom. The van der Waals surface area contributed by atoms with Crippen molar-refractivity contribution in [3.8, 4) is 5.75 Å². The first kappa shape index (κ1) is 16.9. The third-order valence-electron chi connectivity index (χ3n) is 2.98. The molecule has 1 unspecified atom stereocenters. The van der Waals surface area contributed by atoms with Crippen molar-refractivity contribution in [2.24, 2.45) is 0 Å². The summed E-state index contributed by atoms with van der Waals surface area (Å²) in [6.45, 7) is 4.31. The average Bonchev–Trinajstić information content (AvgIpc) is 2.41. The van der Waals surface area contributed by atoms with Gasteiger partial charge in [-0.3, -0.25) is 0 Å². The van der Waals surface area contributed by atoms with Crippen LogP contribution in [0.2, 0.25) is 0 Å². The highest BCUT2D eigenvalue weighted by atomic mass is 19.3. The minimum atomic E-state index is -2.42. The van der Waals surface area contributed by atoms with Gasteiger partial charge in [-0.05, 0) is 33.4 Å². The molecule has 0 aliphatic rings. The zero-order valence-electron chi connectivity index (χ0n) is 12.3. The lowest BCUT2D eigenvalue weighted by Gasteiger charge is -2.20. The largest absolute Gasteiger partial charge is 0.494 e. The smallest absolute Gasteiger partial charge is 0.261 e. The molecule has 0 fully saturated rings. The van der Waals surface area contributed by atoms with Gasteiger partial charge in [-0.15, -0.1) is 0 Å². The molecule has 1 N–H and O–H groups in total. The molecule has 5 heteroatoms. The number of nitrogens with one attached hydrogen (secondary N) is 1. The normalized spacial score (nSPS) is 12.7. The van der Waals surface area contributed by atoms with E-state index < -0.39 is 13.0 Å². The maximum atomic E-state index is 12.0. The Kier molecular flexibility index (Phi) is 7.47. The van der Waals surface area contributed by atoms with Gasteiger partial charge in [0.05, 0.1) is 6.61 Å². The van der Waals surface area contributed by atoms with Gasteiger partial charge in [0.1, 0.15) is 12.4 Å². The van der Waals surface area contributed by atoms with Crippen LogP contribution in [0.4, 0.5) is 8.78 Å². The van der Waals surface area contributed by atoms with Gasteiger partial charge >= 0.3 is 0 Å². The Bertz CT molecular complexity index is 399. The number of rotatable bonds is 9. The highest BCUT2D eigenvalue weighted by molar-refractivity contribution is 5.39. The Hall–Kier alpha value is -1.20. The third kappa shape index (κ3) is 5.43. The first-order valence-electron chi connectivity index (χ1n) is 6.85. The summed E-state index contributed by atoms with van der Waals surface area (Å²) >= 11 is 0. The Labute approximate surface area is 119 Å². The number of benzene rings is 1. The molecule has 3 nitrogen and oxygen atoms in total. The maximum Gasteiger partial charge on any atom is 0.261 e. The molecule has 1 atom stereocenters. The van der Waals surface area contributed by atoms with Crippen molar-refractivity contribution in [1.82, 2.24) is 5.32 Å². The second-order valence-corrected chi connectivity index (χ2v) is 4.57. The van der Waals surface area contributed by atoms with E-state index in [1.807, 2.05) is 33.0 Å². The van der Waals surface area contributed by atoms with Crippen LogP contribution in [0.3, 0.4) is 0 Å². The first-order valence-corrected chi connectivity index (χ1v) is 6.85. The number of aryl methyl sites for hydroxylation is 1. The molecule has 1 rings (SSSR count). The molecule has 20 heavy (non-hydrogen) atoms. The van der Waals surface area contributed by atoms with Gasteiger partial charge in [-0.1, -0.05) is 17.7 Å². The van der Waals surface area contributed by atoms with Crippen molar-refractivity contribution in [3.63, 3.8) is 0 Å². The second-order valence-electron chi connectivity index (χ2n) is 4.57. The van der Waals surface area contributed by atoms with E-state index in [1.165, 1.54) is 0 Å². The van der Waals surface area contributed by atoms with E-state index in [0.29, 0.717) is 13.0 Å². The molecule has 0 aliphatic carbocycles. The van der Waals surface area contributed by atoms with E-state index in [0.717, 1.165) is 16.9 Å². The molecular weight excluding hydrogens is 264 g/mol. The zero-order valence-corrected chi connectivity index (χ0v) is 12.3. The number of hydrogen-bond donors (Lipinski definition) is 1. The lowest BCUT2D eigenvalue weighted by molar-refractivity contribution is 0.0145. The van der Waals surface area contributed by atoms with Crippen molar-refractivity contribution in [1.29, 1.82) is 0 Å². The Morgan fingerprint density at radius 3 is 2.65 bits per heavy atom. The van der Waals surface area contributed by atoms with Crippen LogP contribution in [-0.4, -0.2) is 33.3 Å². The quantitative estimate of drug-likeness (QED) is 0.707. The van der Waals surface area contributed by atoms with Crippen LogP contribution in [0, 0.1) is 6.92 Å². The van der Waals surface area contributed by atoms with E-state index >= 15 is 0 Å². The molecule has 0 radical (unpaired) electrons. The van der Waals surface area contributed by atoms with E-state index in [1.54, 1.807) is 0 Å². The number of alkyl halides is 2. The van der Waals surface area contributed by atoms with Gasteiger partial charge in [-0.2, -0.15) is 0 Å². The summed E-state index contributed by atoms with van der Waals surface area (Å²) in [6, 6.07) is 6.01. The standard InChI is InChI=1S/C15H23F2NO2/c1-4-20-14-6-5-11(2)9-12(14)13(18-3)7-8-19-10-15(16)17/h5-6,9,13,15,18H,4,7-8,10H2,1-3H3. The van der Waals surface area contributed by atoms with Crippen molar-refractivity contribution in [3.05, 3.63) is 29.3 Å². The molecule has 0 amide bonds. The molecule has 0 spiro atoms. The van der Waals surface area contributed by atoms with Crippen LogP contribution in [0.5, 0.6) is 5.75 Å². The molecule has 1 aromatic carbocycles. The van der Waals surface area contributed by atoms with Gasteiger partial charge in [-0.25, -0.2) is 8.78 Å². The predicted octanol–water partition coefficient (Wildman–Crippen LogP) is 3.33. The minimum Gasteiger partial charge on any atom is -0.494 e. The number of hydrogen-bond acceptors (Lipinski definition) is 3. The van der Waals surface area contributed by atoms with Gasteiger partial charge in [0.25, 0.3) is 6.43 Å². The maximum absolute atomic E-state index is 12.0. The van der Waals surface area contributed by atoms with Crippen molar-refractivity contribution in [2.75, 3.05) is 26.9 Å². The van der Waals surface area contributed by atoms with Gasteiger partial charge < -0.3 is 14.8 Å². The first-order chi connectivity index (χ1) is 9.58. The predicted molar refractivity (Wildman–Crippen MR) is 75.6 cm³/mol. The molecule has 0 aromatic heterocycles. The Morgan fingerprint density at radius 2 is 2.05 bits per heavy atom. The summed E-state index contributed by atoms with van der Waals surface area (Å²) in [5.74, 6) is 0.825. The van der Waals surface area contributed by atoms with Crippen molar-refractivity contribution < 1.29 is 18.3 Å². The molecule has 0 saturated heterocycles. The van der Waals surface area contributed by atoms with E-state index in [4.69, 9.17) is 9.47 Å². The van der Waals surface area contributed by atoms with Crippen LogP contribution in [0.1, 0.15) is 30.5 Å². The fourth-order valence-electron chi connectivity index (χ4n) is 2.06. The second kappa shape index (κ2) is 8.87. The third-order valence-corrected chi connectivity index (χ3v) is 2.98.